The first-order valence-electron chi connectivity index (χ1n) is 6.99. The average Bonchev–Trinajstić information content (AvgIpc) is 3.11. The lowest BCUT2D eigenvalue weighted by Crippen LogP contribution is -2.44. The molecule has 0 radical (unpaired) electrons. The Morgan fingerprint density at radius 2 is 2.42 bits per heavy atom. The molecule has 1 aromatic heterocycles. The van der Waals surface area contributed by atoms with Gasteiger partial charge in [0.05, 0.1) is 0 Å². The molecular weight excluding hydrogens is 258 g/mol. The Morgan fingerprint density at radius 1 is 1.63 bits per heavy atom. The minimum absolute atomic E-state index is 0.106. The highest BCUT2D eigenvalue weighted by Gasteiger charge is 2.34. The van der Waals surface area contributed by atoms with E-state index in [-0.39, 0.29) is 11.9 Å². The topological polar surface area (TPSA) is 58.4 Å². The van der Waals surface area contributed by atoms with Gasteiger partial charge in [-0.3, -0.25) is 9.69 Å². The number of carbonyl (C=O) groups excluding carboxylic acids is 1. The maximum absolute atomic E-state index is 11.8. The van der Waals surface area contributed by atoms with E-state index in [1.165, 1.54) is 17.7 Å². The van der Waals surface area contributed by atoms with Crippen molar-refractivity contribution in [2.75, 3.05) is 13.1 Å². The summed E-state index contributed by atoms with van der Waals surface area (Å²) < 4.78 is 0. The summed E-state index contributed by atoms with van der Waals surface area (Å²) >= 11 is 1.77. The van der Waals surface area contributed by atoms with Crippen molar-refractivity contribution < 1.29 is 4.79 Å². The summed E-state index contributed by atoms with van der Waals surface area (Å²) in [7, 11) is 0. The average molecular weight is 281 g/mol. The van der Waals surface area contributed by atoms with Crippen molar-refractivity contribution in [1.29, 1.82) is 0 Å². The van der Waals surface area contributed by atoms with Crippen molar-refractivity contribution in [2.45, 2.75) is 44.8 Å². The van der Waals surface area contributed by atoms with E-state index in [4.69, 9.17) is 5.73 Å². The fourth-order valence-electron chi connectivity index (χ4n) is 2.36. The van der Waals surface area contributed by atoms with Crippen LogP contribution in [0, 0.1) is 0 Å². The third kappa shape index (κ3) is 4.30. The van der Waals surface area contributed by atoms with Crippen LogP contribution in [0.15, 0.2) is 17.5 Å². The summed E-state index contributed by atoms with van der Waals surface area (Å²) in [6.45, 7) is 4.09. The van der Waals surface area contributed by atoms with E-state index < -0.39 is 0 Å². The minimum Gasteiger partial charge on any atom is -0.356 e. The van der Waals surface area contributed by atoms with Crippen LogP contribution in [0.2, 0.25) is 0 Å². The molecule has 0 aliphatic heterocycles. The molecule has 0 spiro atoms. The summed E-state index contributed by atoms with van der Waals surface area (Å²) in [6, 6.07) is 5.00. The highest BCUT2D eigenvalue weighted by molar-refractivity contribution is 7.09. The molecule has 1 atom stereocenters. The van der Waals surface area contributed by atoms with E-state index in [0.717, 1.165) is 6.54 Å². The number of amides is 1. The predicted molar refractivity (Wildman–Crippen MR) is 79.0 cm³/mol. The van der Waals surface area contributed by atoms with Crippen LogP contribution in [-0.2, 0) is 11.3 Å². The van der Waals surface area contributed by atoms with Gasteiger partial charge in [-0.1, -0.05) is 6.07 Å². The molecule has 3 N–H and O–H groups in total. The van der Waals surface area contributed by atoms with Gasteiger partial charge in [0.25, 0.3) is 0 Å². The molecule has 0 bridgehead atoms. The van der Waals surface area contributed by atoms with Crippen molar-refractivity contribution in [2.24, 2.45) is 5.73 Å². The van der Waals surface area contributed by atoms with E-state index in [1.54, 1.807) is 11.3 Å². The number of nitrogens with zero attached hydrogens (tertiary/aromatic N) is 1. The lowest BCUT2D eigenvalue weighted by molar-refractivity contribution is -0.122. The Kier molecular flexibility index (Phi) is 5.36. The van der Waals surface area contributed by atoms with Gasteiger partial charge in [-0.05, 0) is 31.2 Å². The zero-order chi connectivity index (χ0) is 13.7. The summed E-state index contributed by atoms with van der Waals surface area (Å²) in [6.07, 6.45) is 2.97. The number of carbonyl (C=O) groups is 1. The Morgan fingerprint density at radius 3 is 2.95 bits per heavy atom. The summed E-state index contributed by atoms with van der Waals surface area (Å²) in [5.41, 5.74) is 5.89. The molecule has 4 nitrogen and oxygen atoms in total. The number of nitrogens with one attached hydrogen (secondary N) is 1. The number of hydrogen-bond donors (Lipinski definition) is 2. The van der Waals surface area contributed by atoms with E-state index in [1.807, 2.05) is 6.92 Å². The fourth-order valence-corrected chi connectivity index (χ4v) is 3.08. The van der Waals surface area contributed by atoms with Crippen LogP contribution in [0.3, 0.4) is 0 Å². The molecule has 1 heterocycles. The zero-order valence-corrected chi connectivity index (χ0v) is 12.3. The minimum atomic E-state index is 0.106. The van der Waals surface area contributed by atoms with Crippen molar-refractivity contribution >= 4 is 17.2 Å². The van der Waals surface area contributed by atoms with Gasteiger partial charge in [-0.2, -0.15) is 0 Å². The molecule has 0 aromatic carbocycles. The van der Waals surface area contributed by atoms with Gasteiger partial charge in [-0.25, -0.2) is 0 Å². The van der Waals surface area contributed by atoms with E-state index in [2.05, 4.69) is 27.7 Å². The van der Waals surface area contributed by atoms with Gasteiger partial charge in [-0.15, -0.1) is 11.3 Å². The summed E-state index contributed by atoms with van der Waals surface area (Å²) in [5, 5.41) is 4.96. The molecule has 1 amide bonds. The lowest BCUT2D eigenvalue weighted by atomic mass is 10.1. The maximum atomic E-state index is 11.8. The van der Waals surface area contributed by atoms with Crippen LogP contribution in [0.1, 0.15) is 31.1 Å². The molecular formula is C14H23N3OS. The van der Waals surface area contributed by atoms with Crippen molar-refractivity contribution in [3.63, 3.8) is 0 Å². The SMILES string of the molecule is CCNC(=O)CC(CN)N(Cc1cccs1)C1CC1. The third-order valence-electron chi connectivity index (χ3n) is 3.47. The van der Waals surface area contributed by atoms with Gasteiger partial charge in [0.2, 0.25) is 5.91 Å². The Labute approximate surface area is 119 Å². The molecule has 106 valence electrons. The number of rotatable bonds is 8. The first kappa shape index (κ1) is 14.5. The normalized spacial score (nSPS) is 16.6. The second kappa shape index (κ2) is 7.03. The molecule has 1 fully saturated rings. The smallest absolute Gasteiger partial charge is 0.221 e. The maximum Gasteiger partial charge on any atom is 0.221 e. The molecule has 1 saturated carbocycles. The third-order valence-corrected chi connectivity index (χ3v) is 4.33. The highest BCUT2D eigenvalue weighted by Crippen LogP contribution is 2.31. The van der Waals surface area contributed by atoms with E-state index in [9.17, 15) is 4.79 Å². The largest absolute Gasteiger partial charge is 0.356 e. The summed E-state index contributed by atoms with van der Waals surface area (Å²) in [4.78, 5) is 15.5. The monoisotopic (exact) mass is 281 g/mol. The molecule has 1 aliphatic carbocycles. The Balaban J connectivity index is 1.97. The molecule has 5 heteroatoms. The van der Waals surface area contributed by atoms with Gasteiger partial charge in [0.15, 0.2) is 0 Å². The predicted octanol–water partition coefficient (Wildman–Crippen LogP) is 1.57. The van der Waals surface area contributed by atoms with Crippen molar-refractivity contribution in [3.05, 3.63) is 22.4 Å². The summed E-state index contributed by atoms with van der Waals surface area (Å²) in [5.74, 6) is 0.106. The van der Waals surface area contributed by atoms with Gasteiger partial charge < -0.3 is 11.1 Å². The van der Waals surface area contributed by atoms with Gasteiger partial charge in [0.1, 0.15) is 0 Å². The van der Waals surface area contributed by atoms with Gasteiger partial charge >= 0.3 is 0 Å². The van der Waals surface area contributed by atoms with Crippen LogP contribution in [0.5, 0.6) is 0 Å². The zero-order valence-electron chi connectivity index (χ0n) is 11.5. The van der Waals surface area contributed by atoms with Crippen LogP contribution < -0.4 is 11.1 Å². The van der Waals surface area contributed by atoms with E-state index in [0.29, 0.717) is 25.6 Å². The molecule has 19 heavy (non-hydrogen) atoms. The molecule has 0 saturated heterocycles. The first-order chi connectivity index (χ1) is 9.24. The van der Waals surface area contributed by atoms with Crippen molar-refractivity contribution in [1.82, 2.24) is 10.2 Å². The number of nitrogens with two attached hydrogens (primary N) is 1. The van der Waals surface area contributed by atoms with Gasteiger partial charge in [0, 0.05) is 43.0 Å². The van der Waals surface area contributed by atoms with Crippen LogP contribution in [0.25, 0.3) is 0 Å². The first-order valence-corrected chi connectivity index (χ1v) is 7.87. The molecule has 2 rings (SSSR count). The lowest BCUT2D eigenvalue weighted by Gasteiger charge is -2.30. The van der Waals surface area contributed by atoms with Crippen LogP contribution in [0.4, 0.5) is 0 Å². The Hall–Kier alpha value is -0.910. The van der Waals surface area contributed by atoms with Crippen LogP contribution >= 0.6 is 11.3 Å². The van der Waals surface area contributed by atoms with Crippen molar-refractivity contribution in [3.8, 4) is 0 Å². The van der Waals surface area contributed by atoms with Crippen LogP contribution in [-0.4, -0.2) is 36.0 Å². The quantitative estimate of drug-likeness (QED) is 0.760. The molecule has 1 aromatic rings. The molecule has 1 unspecified atom stereocenters. The highest BCUT2D eigenvalue weighted by atomic mass is 32.1. The second-order valence-corrected chi connectivity index (χ2v) is 6.06. The Bertz CT molecular complexity index is 389. The standard InChI is InChI=1S/C14H23N3OS/c1-2-16-14(18)8-12(9-15)17(11-5-6-11)10-13-4-3-7-19-13/h3-4,7,11-12H,2,5-6,8-10,15H2,1H3,(H,16,18). The van der Waals surface area contributed by atoms with E-state index >= 15 is 0 Å². The second-order valence-electron chi connectivity index (χ2n) is 5.03. The number of thiophene rings is 1. The fraction of sp³-hybridized carbons (Fsp3) is 0.643. The number of hydrogen-bond acceptors (Lipinski definition) is 4. The molecule has 1 aliphatic rings.